The molecule has 0 atom stereocenters. The normalized spacial score (nSPS) is 13.2. The van der Waals surface area contributed by atoms with E-state index in [2.05, 4.69) is 66.3 Å². The molecule has 2 aromatic heterocycles. The molecule has 1 N–H and O–H groups in total. The molecule has 3 nitrogen and oxygen atoms in total. The van der Waals surface area contributed by atoms with Crippen LogP contribution in [0.2, 0.25) is 0 Å². The zero-order valence-corrected chi connectivity index (χ0v) is 11.9. The van der Waals surface area contributed by atoms with Crippen LogP contribution in [-0.4, -0.2) is 20.5 Å². The van der Waals surface area contributed by atoms with Gasteiger partial charge in [-0.05, 0) is 0 Å². The fourth-order valence-electron chi connectivity index (χ4n) is 3.27. The molecule has 0 bridgehead atoms. The fourth-order valence-corrected chi connectivity index (χ4v) is 3.27. The second-order valence-electron chi connectivity index (χ2n) is 5.53. The first kappa shape index (κ1) is 12.0. The summed E-state index contributed by atoms with van der Waals surface area (Å²) >= 11 is 0. The third-order valence-corrected chi connectivity index (χ3v) is 4.30. The summed E-state index contributed by atoms with van der Waals surface area (Å²) in [7, 11) is 0. The van der Waals surface area contributed by atoms with Crippen molar-refractivity contribution in [1.29, 1.82) is 0 Å². The molecule has 0 amide bonds. The molecule has 5 rings (SSSR count). The monoisotopic (exact) mass is 282 g/mol. The molecule has 0 radical (unpaired) electrons. The molecule has 1 aliphatic heterocycles. The van der Waals surface area contributed by atoms with E-state index in [9.17, 15) is 0 Å². The topological polar surface area (TPSA) is 28.4 Å². The van der Waals surface area contributed by atoms with Crippen molar-refractivity contribution in [1.82, 2.24) is 0 Å². The van der Waals surface area contributed by atoms with E-state index in [1.165, 1.54) is 11.0 Å². The molecule has 0 unspecified atom stereocenters. The molecule has 1 aliphatic rings. The van der Waals surface area contributed by atoms with Crippen molar-refractivity contribution >= 4 is 52.6 Å². The van der Waals surface area contributed by atoms with Crippen LogP contribution < -0.4 is 10.2 Å². The van der Waals surface area contributed by atoms with Gasteiger partial charge in [0.05, 0.1) is 0 Å². The molecule has 3 heterocycles. The first-order chi connectivity index (χ1) is 10.9. The molecule has 22 heavy (non-hydrogen) atoms. The number of hydrogen-bond donors (Lipinski definition) is 1. The van der Waals surface area contributed by atoms with Crippen LogP contribution in [0.5, 0.6) is 0 Å². The van der Waals surface area contributed by atoms with Crippen molar-refractivity contribution in [2.24, 2.45) is 0 Å². The van der Waals surface area contributed by atoms with Crippen LogP contribution in [-0.2, 0) is 0 Å². The van der Waals surface area contributed by atoms with Crippen molar-refractivity contribution in [2.45, 2.75) is 0 Å². The van der Waals surface area contributed by atoms with Gasteiger partial charge in [-0.25, -0.2) is 0 Å². The van der Waals surface area contributed by atoms with Gasteiger partial charge in [0.2, 0.25) is 0 Å². The summed E-state index contributed by atoms with van der Waals surface area (Å²) in [6, 6.07) is 14.5. The number of benzene rings is 2. The molecular formula is C17H12B2N2O. The number of furan rings is 1. The fraction of sp³-hybridized carbons (Fsp3) is 0.0588. The third kappa shape index (κ3) is 1.59. The Hall–Kier alpha value is -2.55. The molecule has 0 saturated carbocycles. The van der Waals surface area contributed by atoms with Crippen molar-refractivity contribution in [2.75, 3.05) is 16.9 Å². The van der Waals surface area contributed by atoms with Gasteiger partial charge < -0.3 is 0 Å². The standard InChI is InChI=1S/C17H12B2N2O/c1-2-7-14-11(4-1)12-5-3-6-13(15(12)22-14)21-10-20-16-17(21)19-9-8-18-16/h1-9,20H,10H2. The summed E-state index contributed by atoms with van der Waals surface area (Å²) in [5.41, 5.74) is 5.34. The quantitative estimate of drug-likeness (QED) is 0.575. The van der Waals surface area contributed by atoms with Crippen molar-refractivity contribution in [3.63, 3.8) is 0 Å². The van der Waals surface area contributed by atoms with Gasteiger partial charge in [0.25, 0.3) is 0 Å². The average Bonchev–Trinajstić information content (AvgIpc) is 3.16. The van der Waals surface area contributed by atoms with E-state index in [1.807, 2.05) is 12.1 Å². The van der Waals surface area contributed by atoms with Gasteiger partial charge in [-0.3, -0.25) is 0 Å². The Kier molecular flexibility index (Phi) is 2.45. The maximum absolute atomic E-state index is 6.14. The summed E-state index contributed by atoms with van der Waals surface area (Å²) in [5.74, 6) is 4.12. The second kappa shape index (κ2) is 4.47. The minimum absolute atomic E-state index is 0.759. The van der Waals surface area contributed by atoms with Crippen LogP contribution in [0.25, 0.3) is 21.9 Å². The van der Waals surface area contributed by atoms with Gasteiger partial charge in [-0.1, -0.05) is 0 Å². The Labute approximate surface area is 129 Å². The van der Waals surface area contributed by atoms with E-state index in [-0.39, 0.29) is 0 Å². The summed E-state index contributed by atoms with van der Waals surface area (Å²) in [6.45, 7) is 5.00. The number of nitrogens with zero attached hydrogens (tertiary/aromatic N) is 1. The number of para-hydroxylation sites is 2. The molecule has 4 aromatic rings. The van der Waals surface area contributed by atoms with Crippen LogP contribution in [0.1, 0.15) is 0 Å². The van der Waals surface area contributed by atoms with E-state index >= 15 is 0 Å². The predicted octanol–water partition coefficient (Wildman–Crippen LogP) is 3.78. The average molecular weight is 282 g/mol. The minimum atomic E-state index is 0.759. The van der Waals surface area contributed by atoms with Gasteiger partial charge >= 0.3 is 128 Å². The second-order valence-corrected chi connectivity index (χ2v) is 5.53. The molecule has 2 aromatic carbocycles. The van der Waals surface area contributed by atoms with E-state index in [1.54, 1.807) is 0 Å². The van der Waals surface area contributed by atoms with Gasteiger partial charge in [0.1, 0.15) is 0 Å². The number of rotatable bonds is 1. The Bertz CT molecular complexity index is 1010. The number of hydrogen-bond acceptors (Lipinski definition) is 3. The summed E-state index contributed by atoms with van der Waals surface area (Å²) in [4.78, 5) is 2.26. The van der Waals surface area contributed by atoms with E-state index in [0.29, 0.717) is 0 Å². The number of anilines is 3. The number of fused-ring (bicyclic) bond motifs is 4. The molecule has 0 fully saturated rings. The van der Waals surface area contributed by atoms with Crippen molar-refractivity contribution in [3.8, 4) is 0 Å². The zero-order valence-electron chi connectivity index (χ0n) is 11.9. The van der Waals surface area contributed by atoms with Gasteiger partial charge in [-0.15, -0.1) is 0 Å². The van der Waals surface area contributed by atoms with Crippen LogP contribution >= 0.6 is 0 Å². The molecule has 5 heteroatoms. The molecule has 102 valence electrons. The first-order valence-electron chi connectivity index (χ1n) is 7.42. The Morgan fingerprint density at radius 2 is 1.82 bits per heavy atom. The van der Waals surface area contributed by atoms with Gasteiger partial charge in [0, 0.05) is 0 Å². The summed E-state index contributed by atoms with van der Waals surface area (Å²) in [6.07, 6.45) is 0. The van der Waals surface area contributed by atoms with Crippen molar-refractivity contribution < 1.29 is 4.42 Å². The molecular weight excluding hydrogens is 270 g/mol. The molecule has 0 spiro atoms. The Morgan fingerprint density at radius 3 is 2.82 bits per heavy atom. The van der Waals surface area contributed by atoms with Crippen LogP contribution in [0.3, 0.4) is 0 Å². The van der Waals surface area contributed by atoms with E-state index in [4.69, 9.17) is 4.42 Å². The maximum atomic E-state index is 6.14. The molecule has 0 aliphatic carbocycles. The SMILES string of the molecule is b1ccbc2c1NCN2c1cccc2c1oc1ccccc12. The molecule has 0 saturated heterocycles. The van der Waals surface area contributed by atoms with Crippen LogP contribution in [0.4, 0.5) is 16.9 Å². The van der Waals surface area contributed by atoms with Gasteiger partial charge in [0.15, 0.2) is 0 Å². The van der Waals surface area contributed by atoms with Crippen molar-refractivity contribution in [3.05, 3.63) is 54.4 Å². The van der Waals surface area contributed by atoms with E-state index < -0.39 is 0 Å². The predicted molar refractivity (Wildman–Crippen MR) is 93.5 cm³/mol. The van der Waals surface area contributed by atoms with E-state index in [0.717, 1.165) is 34.5 Å². The van der Waals surface area contributed by atoms with Crippen LogP contribution in [0, 0.1) is 0 Å². The van der Waals surface area contributed by atoms with Crippen LogP contribution in [0.15, 0.2) is 58.8 Å². The third-order valence-electron chi connectivity index (χ3n) is 4.30. The zero-order chi connectivity index (χ0) is 14.5. The van der Waals surface area contributed by atoms with Gasteiger partial charge in [-0.2, -0.15) is 0 Å². The Morgan fingerprint density at radius 1 is 0.955 bits per heavy atom. The number of nitrogens with one attached hydrogen (secondary N) is 1. The first-order valence-corrected chi connectivity index (χ1v) is 7.42. The summed E-state index contributed by atoms with van der Waals surface area (Å²) < 4.78 is 6.14. The summed E-state index contributed by atoms with van der Waals surface area (Å²) in [5, 5.41) is 5.76. The Balaban J connectivity index is 1.79.